The Balaban J connectivity index is 2.05. The molecule has 1 aromatic carbocycles. The lowest BCUT2D eigenvalue weighted by atomic mass is 10.1. The van der Waals surface area contributed by atoms with Gasteiger partial charge < -0.3 is 14.6 Å². The standard InChI is InChI=1S/C17H22N2O2/c1-12-14(11-19-9-4-3-5-10-19)17(20)13-7-6-8-15(21-2)16(13)18-12/h6-8H,3-5,9-11H2,1-2H3,(H,18,20)/p+1. The van der Waals surface area contributed by atoms with E-state index >= 15 is 0 Å². The molecule has 0 saturated carbocycles. The molecule has 0 atom stereocenters. The normalized spacial score (nSPS) is 16.3. The van der Waals surface area contributed by atoms with Gasteiger partial charge in [-0.25, -0.2) is 0 Å². The van der Waals surface area contributed by atoms with E-state index in [1.807, 2.05) is 25.1 Å². The minimum atomic E-state index is 0.151. The Hall–Kier alpha value is -1.81. The van der Waals surface area contributed by atoms with Gasteiger partial charge in [0, 0.05) is 11.1 Å². The van der Waals surface area contributed by atoms with Crippen LogP contribution in [0.4, 0.5) is 0 Å². The number of H-pyrrole nitrogens is 1. The highest BCUT2D eigenvalue weighted by Crippen LogP contribution is 2.22. The first-order valence-corrected chi connectivity index (χ1v) is 7.72. The average Bonchev–Trinajstić information content (AvgIpc) is 2.52. The monoisotopic (exact) mass is 287 g/mol. The minimum Gasteiger partial charge on any atom is -0.495 e. The number of piperidine rings is 1. The molecule has 0 bridgehead atoms. The van der Waals surface area contributed by atoms with Gasteiger partial charge in [-0.3, -0.25) is 4.79 Å². The van der Waals surface area contributed by atoms with Crippen LogP contribution in [0.1, 0.15) is 30.5 Å². The lowest BCUT2D eigenvalue weighted by Gasteiger charge is -2.24. The number of aryl methyl sites for hydroxylation is 1. The molecule has 0 spiro atoms. The van der Waals surface area contributed by atoms with Gasteiger partial charge in [0.25, 0.3) is 0 Å². The zero-order valence-corrected chi connectivity index (χ0v) is 12.8. The third-order valence-corrected chi connectivity index (χ3v) is 4.52. The van der Waals surface area contributed by atoms with E-state index in [9.17, 15) is 4.79 Å². The molecule has 0 aliphatic carbocycles. The number of ether oxygens (including phenoxy) is 1. The number of rotatable bonds is 3. The van der Waals surface area contributed by atoms with Crippen molar-refractivity contribution in [3.63, 3.8) is 0 Å². The van der Waals surface area contributed by atoms with Crippen molar-refractivity contribution in [2.75, 3.05) is 20.2 Å². The number of methoxy groups -OCH3 is 1. The van der Waals surface area contributed by atoms with Crippen LogP contribution in [0.2, 0.25) is 0 Å². The number of aromatic amines is 1. The molecule has 1 fully saturated rings. The Labute approximate surface area is 124 Å². The summed E-state index contributed by atoms with van der Waals surface area (Å²) >= 11 is 0. The molecule has 21 heavy (non-hydrogen) atoms. The molecular weight excluding hydrogens is 264 g/mol. The van der Waals surface area contributed by atoms with E-state index in [1.165, 1.54) is 37.3 Å². The number of benzene rings is 1. The minimum absolute atomic E-state index is 0.151. The van der Waals surface area contributed by atoms with Gasteiger partial charge in [0.2, 0.25) is 0 Å². The van der Waals surface area contributed by atoms with Gasteiger partial charge in [0.1, 0.15) is 12.3 Å². The number of quaternary nitrogens is 1. The molecule has 3 rings (SSSR count). The third kappa shape index (κ3) is 2.68. The Morgan fingerprint density at radius 1 is 1.24 bits per heavy atom. The van der Waals surface area contributed by atoms with Gasteiger partial charge in [0.05, 0.1) is 31.3 Å². The van der Waals surface area contributed by atoms with Crippen molar-refractivity contribution in [3.05, 3.63) is 39.7 Å². The van der Waals surface area contributed by atoms with Gasteiger partial charge in [-0.1, -0.05) is 6.07 Å². The predicted octanol–water partition coefficient (Wildman–Crippen LogP) is 1.41. The van der Waals surface area contributed by atoms with Crippen LogP contribution >= 0.6 is 0 Å². The maximum absolute atomic E-state index is 12.8. The fourth-order valence-electron chi connectivity index (χ4n) is 3.31. The summed E-state index contributed by atoms with van der Waals surface area (Å²) in [6.45, 7) is 5.17. The van der Waals surface area contributed by atoms with Crippen LogP contribution in [-0.2, 0) is 6.54 Å². The lowest BCUT2D eigenvalue weighted by Crippen LogP contribution is -3.11. The van der Waals surface area contributed by atoms with E-state index in [-0.39, 0.29) is 5.43 Å². The fourth-order valence-corrected chi connectivity index (χ4v) is 3.31. The van der Waals surface area contributed by atoms with Gasteiger partial charge in [-0.05, 0) is 38.3 Å². The summed E-state index contributed by atoms with van der Waals surface area (Å²) in [5.41, 5.74) is 2.85. The summed E-state index contributed by atoms with van der Waals surface area (Å²) in [6, 6.07) is 5.64. The van der Waals surface area contributed by atoms with Crippen LogP contribution in [0.3, 0.4) is 0 Å². The maximum atomic E-state index is 12.8. The van der Waals surface area contributed by atoms with Crippen LogP contribution in [0.5, 0.6) is 5.75 Å². The smallest absolute Gasteiger partial charge is 0.198 e. The summed E-state index contributed by atoms with van der Waals surface area (Å²) in [4.78, 5) is 17.7. The van der Waals surface area contributed by atoms with E-state index in [4.69, 9.17) is 4.74 Å². The van der Waals surface area contributed by atoms with E-state index < -0.39 is 0 Å². The summed E-state index contributed by atoms with van der Waals surface area (Å²) in [7, 11) is 1.63. The van der Waals surface area contributed by atoms with Crippen LogP contribution in [0.25, 0.3) is 10.9 Å². The van der Waals surface area contributed by atoms with E-state index in [0.717, 1.165) is 34.5 Å². The van der Waals surface area contributed by atoms with E-state index in [1.54, 1.807) is 7.11 Å². The number of para-hydroxylation sites is 1. The molecule has 1 aliphatic rings. The molecule has 2 heterocycles. The van der Waals surface area contributed by atoms with Crippen LogP contribution in [0, 0.1) is 6.92 Å². The van der Waals surface area contributed by atoms with Crippen molar-refractivity contribution in [1.29, 1.82) is 0 Å². The molecule has 112 valence electrons. The SMILES string of the molecule is COc1cccc2c(=O)c(C[NH+]3CCCCC3)c(C)[nH]c12. The van der Waals surface area contributed by atoms with Crippen molar-refractivity contribution in [1.82, 2.24) is 4.98 Å². The molecule has 2 aromatic rings. The fraction of sp³-hybridized carbons (Fsp3) is 0.471. The Morgan fingerprint density at radius 3 is 2.71 bits per heavy atom. The molecule has 1 saturated heterocycles. The molecule has 0 radical (unpaired) electrons. The first-order chi connectivity index (χ1) is 10.2. The zero-order valence-electron chi connectivity index (χ0n) is 12.8. The summed E-state index contributed by atoms with van der Waals surface area (Å²) < 4.78 is 5.35. The Morgan fingerprint density at radius 2 is 2.00 bits per heavy atom. The number of fused-ring (bicyclic) bond motifs is 1. The molecule has 4 heteroatoms. The Bertz CT molecular complexity index is 700. The number of hydrogen-bond acceptors (Lipinski definition) is 2. The Kier molecular flexibility index (Phi) is 3.97. The highest BCUT2D eigenvalue weighted by Gasteiger charge is 2.19. The van der Waals surface area contributed by atoms with Crippen LogP contribution in [0.15, 0.2) is 23.0 Å². The lowest BCUT2D eigenvalue weighted by molar-refractivity contribution is -0.918. The van der Waals surface area contributed by atoms with Crippen LogP contribution in [-0.4, -0.2) is 25.2 Å². The summed E-state index contributed by atoms with van der Waals surface area (Å²) in [5, 5.41) is 0.728. The van der Waals surface area contributed by atoms with Crippen molar-refractivity contribution in [2.24, 2.45) is 0 Å². The van der Waals surface area contributed by atoms with Gasteiger partial charge >= 0.3 is 0 Å². The predicted molar refractivity (Wildman–Crippen MR) is 84.1 cm³/mol. The number of pyridine rings is 1. The summed E-state index contributed by atoms with van der Waals surface area (Å²) in [6.07, 6.45) is 3.87. The topological polar surface area (TPSA) is 46.5 Å². The zero-order chi connectivity index (χ0) is 14.8. The average molecular weight is 287 g/mol. The molecule has 0 unspecified atom stereocenters. The van der Waals surface area contributed by atoms with E-state index in [2.05, 4.69) is 4.98 Å². The van der Waals surface area contributed by atoms with Crippen molar-refractivity contribution in [3.8, 4) is 5.75 Å². The first kappa shape index (κ1) is 14.1. The van der Waals surface area contributed by atoms with Gasteiger partial charge in [-0.15, -0.1) is 0 Å². The maximum Gasteiger partial charge on any atom is 0.198 e. The highest BCUT2D eigenvalue weighted by atomic mass is 16.5. The molecule has 1 aliphatic heterocycles. The van der Waals surface area contributed by atoms with Crippen molar-refractivity contribution < 1.29 is 9.64 Å². The highest BCUT2D eigenvalue weighted by molar-refractivity contribution is 5.85. The number of hydrogen-bond donors (Lipinski definition) is 2. The van der Waals surface area contributed by atoms with Gasteiger partial charge in [-0.2, -0.15) is 0 Å². The summed E-state index contributed by atoms with van der Waals surface area (Å²) in [5.74, 6) is 0.726. The molecule has 0 amide bonds. The number of nitrogens with one attached hydrogen (secondary N) is 2. The number of aromatic nitrogens is 1. The van der Waals surface area contributed by atoms with Gasteiger partial charge in [0.15, 0.2) is 5.43 Å². The molecule has 2 N–H and O–H groups in total. The molecule has 4 nitrogen and oxygen atoms in total. The second-order valence-electron chi connectivity index (χ2n) is 5.93. The second-order valence-corrected chi connectivity index (χ2v) is 5.93. The first-order valence-electron chi connectivity index (χ1n) is 7.72. The second kappa shape index (κ2) is 5.90. The number of likely N-dealkylation sites (tertiary alicyclic amines) is 1. The third-order valence-electron chi connectivity index (χ3n) is 4.52. The molecular formula is C17H23N2O2+. The quantitative estimate of drug-likeness (QED) is 0.897. The van der Waals surface area contributed by atoms with E-state index in [0.29, 0.717) is 0 Å². The largest absolute Gasteiger partial charge is 0.495 e. The van der Waals surface area contributed by atoms with Crippen molar-refractivity contribution >= 4 is 10.9 Å². The van der Waals surface area contributed by atoms with Crippen molar-refractivity contribution in [2.45, 2.75) is 32.7 Å². The van der Waals surface area contributed by atoms with Crippen LogP contribution < -0.4 is 15.1 Å². The molecule has 1 aromatic heterocycles.